The van der Waals surface area contributed by atoms with Gasteiger partial charge in [-0.15, -0.1) is 0 Å². The fourth-order valence-corrected chi connectivity index (χ4v) is 3.36. The van der Waals surface area contributed by atoms with Crippen LogP contribution in [0.5, 0.6) is 0 Å². The Morgan fingerprint density at radius 1 is 1.36 bits per heavy atom. The molecule has 0 radical (unpaired) electrons. The second kappa shape index (κ2) is 6.95. The lowest BCUT2D eigenvalue weighted by Gasteiger charge is -2.26. The Morgan fingerprint density at radius 3 is 2.32 bits per heavy atom. The van der Waals surface area contributed by atoms with Crippen molar-refractivity contribution in [3.05, 3.63) is 23.2 Å². The molecule has 0 spiro atoms. The van der Waals surface area contributed by atoms with Crippen LogP contribution in [0.1, 0.15) is 47.4 Å². The summed E-state index contributed by atoms with van der Waals surface area (Å²) in [5, 5.41) is 9.09. The minimum absolute atomic E-state index is 0.0438. The zero-order valence-electron chi connectivity index (χ0n) is 13.1. The monoisotopic (exact) mass is 331 g/mol. The molecule has 124 valence electrons. The largest absolute Gasteiger partial charge is 0.478 e. The van der Waals surface area contributed by atoms with Crippen LogP contribution in [0, 0.1) is 0 Å². The molecule has 1 rings (SSSR count). The van der Waals surface area contributed by atoms with E-state index >= 15 is 0 Å². The molecule has 0 aliphatic heterocycles. The molecule has 0 aliphatic rings. The number of carbonyl (C=O) groups excluding carboxylic acids is 1. The number of carboxylic acid groups (broad SMARTS) is 1. The summed E-state index contributed by atoms with van der Waals surface area (Å²) in [4.78, 5) is 24.9. The van der Waals surface area contributed by atoms with Gasteiger partial charge in [0, 0.05) is 31.3 Å². The van der Waals surface area contributed by atoms with Crippen molar-refractivity contribution < 1.29 is 27.5 Å². The quantitative estimate of drug-likeness (QED) is 0.810. The molecule has 0 saturated heterocycles. The Morgan fingerprint density at radius 2 is 1.95 bits per heavy atom. The van der Waals surface area contributed by atoms with E-state index < -0.39 is 27.8 Å². The molecule has 0 aliphatic carbocycles. The van der Waals surface area contributed by atoms with Gasteiger partial charge in [-0.25, -0.2) is 13.2 Å². The highest BCUT2D eigenvalue weighted by atomic mass is 32.2. The number of rotatable bonds is 7. The lowest BCUT2D eigenvalue weighted by molar-refractivity contribution is 0.0677. The summed E-state index contributed by atoms with van der Waals surface area (Å²) in [6.07, 6.45) is 1.45. The molecule has 1 heterocycles. The van der Waals surface area contributed by atoms with E-state index in [4.69, 9.17) is 9.52 Å². The molecule has 1 aromatic heterocycles. The molecule has 0 aromatic carbocycles. The molecule has 0 saturated carbocycles. The standard InChI is InChI=1S/C14H21NO6S/c1-5-11-10(14(17)18)7-12(21-11)13(16)15(6-2)9(3)8-22(4,19)20/h7,9H,5-6,8H2,1-4H3,(H,17,18). The second-order valence-corrected chi connectivity index (χ2v) is 7.32. The van der Waals surface area contributed by atoms with Crippen molar-refractivity contribution in [3.63, 3.8) is 0 Å². The molecule has 1 unspecified atom stereocenters. The Balaban J connectivity index is 3.09. The first-order valence-corrected chi connectivity index (χ1v) is 9.01. The molecular formula is C14H21NO6S. The van der Waals surface area contributed by atoms with Crippen LogP contribution in [0.25, 0.3) is 0 Å². The van der Waals surface area contributed by atoms with Gasteiger partial charge in [-0.05, 0) is 13.8 Å². The topological polar surface area (TPSA) is 105 Å². The van der Waals surface area contributed by atoms with Gasteiger partial charge in [0.1, 0.15) is 21.2 Å². The third-order valence-corrected chi connectivity index (χ3v) is 4.34. The van der Waals surface area contributed by atoms with Crippen LogP contribution in [0.15, 0.2) is 10.5 Å². The zero-order valence-corrected chi connectivity index (χ0v) is 13.9. The molecule has 1 amide bonds. The predicted molar refractivity (Wildman–Crippen MR) is 80.9 cm³/mol. The van der Waals surface area contributed by atoms with E-state index in [9.17, 15) is 18.0 Å². The van der Waals surface area contributed by atoms with Crippen LogP contribution in [0.4, 0.5) is 0 Å². The van der Waals surface area contributed by atoms with E-state index in [1.165, 1.54) is 11.0 Å². The van der Waals surface area contributed by atoms with Crippen molar-refractivity contribution in [2.24, 2.45) is 0 Å². The fraction of sp³-hybridized carbons (Fsp3) is 0.571. The summed E-state index contributed by atoms with van der Waals surface area (Å²) in [6.45, 7) is 5.37. The number of furan rings is 1. The third kappa shape index (κ3) is 4.33. The first-order chi connectivity index (χ1) is 10.1. The fourth-order valence-electron chi connectivity index (χ4n) is 2.30. The summed E-state index contributed by atoms with van der Waals surface area (Å²) in [6, 6.07) is 0.662. The van der Waals surface area contributed by atoms with Crippen LogP contribution >= 0.6 is 0 Å². The van der Waals surface area contributed by atoms with Crippen LogP contribution in [0.3, 0.4) is 0 Å². The molecule has 22 heavy (non-hydrogen) atoms. The maximum Gasteiger partial charge on any atom is 0.339 e. The van der Waals surface area contributed by atoms with Gasteiger partial charge in [0.2, 0.25) is 0 Å². The third-order valence-electron chi connectivity index (χ3n) is 3.25. The van der Waals surface area contributed by atoms with E-state index in [2.05, 4.69) is 0 Å². The molecule has 1 aromatic rings. The van der Waals surface area contributed by atoms with Crippen LogP contribution in [0.2, 0.25) is 0 Å². The number of carbonyl (C=O) groups is 2. The Bertz CT molecular complexity index is 661. The summed E-state index contributed by atoms with van der Waals surface area (Å²) < 4.78 is 28.1. The van der Waals surface area contributed by atoms with Crippen LogP contribution in [-0.4, -0.2) is 54.9 Å². The van der Waals surface area contributed by atoms with E-state index in [1.807, 2.05) is 0 Å². The normalized spacial score (nSPS) is 12.9. The van der Waals surface area contributed by atoms with E-state index in [-0.39, 0.29) is 22.8 Å². The number of carboxylic acids is 1. The number of amides is 1. The van der Waals surface area contributed by atoms with Gasteiger partial charge in [0.25, 0.3) is 5.91 Å². The van der Waals surface area contributed by atoms with Crippen molar-refractivity contribution in [1.29, 1.82) is 0 Å². The minimum atomic E-state index is -3.23. The maximum atomic E-state index is 12.5. The number of sulfone groups is 1. The molecule has 8 heteroatoms. The van der Waals surface area contributed by atoms with Crippen molar-refractivity contribution in [1.82, 2.24) is 4.90 Å². The van der Waals surface area contributed by atoms with Gasteiger partial charge < -0.3 is 14.4 Å². The lowest BCUT2D eigenvalue weighted by atomic mass is 10.2. The van der Waals surface area contributed by atoms with Gasteiger partial charge in [0.05, 0.1) is 5.75 Å². The number of nitrogens with zero attached hydrogens (tertiary/aromatic N) is 1. The predicted octanol–water partition coefficient (Wildman–Crippen LogP) is 1.44. The number of aromatic carboxylic acids is 1. The number of hydrogen-bond donors (Lipinski definition) is 1. The molecule has 1 atom stereocenters. The molecule has 7 nitrogen and oxygen atoms in total. The van der Waals surface area contributed by atoms with E-state index in [0.29, 0.717) is 13.0 Å². The van der Waals surface area contributed by atoms with Crippen molar-refractivity contribution in [2.75, 3.05) is 18.6 Å². The van der Waals surface area contributed by atoms with Crippen molar-refractivity contribution in [3.8, 4) is 0 Å². The highest BCUT2D eigenvalue weighted by Gasteiger charge is 2.27. The zero-order chi connectivity index (χ0) is 17.1. The average molecular weight is 331 g/mol. The summed E-state index contributed by atoms with van der Waals surface area (Å²) >= 11 is 0. The number of aryl methyl sites for hydroxylation is 1. The molecule has 1 N–H and O–H groups in total. The van der Waals surface area contributed by atoms with Gasteiger partial charge in [-0.1, -0.05) is 6.92 Å². The minimum Gasteiger partial charge on any atom is -0.478 e. The van der Waals surface area contributed by atoms with E-state index in [1.54, 1.807) is 20.8 Å². The summed E-state index contributed by atoms with van der Waals surface area (Å²) in [5.74, 6) is -1.70. The van der Waals surface area contributed by atoms with Crippen molar-refractivity contribution >= 4 is 21.7 Å². The Kier molecular flexibility index (Phi) is 5.76. The molecule has 0 fully saturated rings. The summed E-state index contributed by atoms with van der Waals surface area (Å²) in [5.41, 5.74) is -0.0438. The highest BCUT2D eigenvalue weighted by molar-refractivity contribution is 7.90. The van der Waals surface area contributed by atoms with Gasteiger partial charge >= 0.3 is 5.97 Å². The first kappa shape index (κ1) is 18.2. The van der Waals surface area contributed by atoms with Gasteiger partial charge in [-0.3, -0.25) is 4.79 Å². The number of hydrogen-bond acceptors (Lipinski definition) is 5. The molecule has 0 bridgehead atoms. The van der Waals surface area contributed by atoms with E-state index in [0.717, 1.165) is 6.26 Å². The van der Waals surface area contributed by atoms with Gasteiger partial charge in [0.15, 0.2) is 5.76 Å². The van der Waals surface area contributed by atoms with Gasteiger partial charge in [-0.2, -0.15) is 0 Å². The Hall–Kier alpha value is -1.83. The lowest BCUT2D eigenvalue weighted by Crippen LogP contribution is -2.42. The summed E-state index contributed by atoms with van der Waals surface area (Å²) in [7, 11) is -3.23. The average Bonchev–Trinajstić information content (AvgIpc) is 2.81. The first-order valence-electron chi connectivity index (χ1n) is 6.95. The molecular weight excluding hydrogens is 310 g/mol. The smallest absolute Gasteiger partial charge is 0.339 e. The SMILES string of the molecule is CCc1oc(C(=O)N(CC)C(C)CS(C)(=O)=O)cc1C(=O)O. The highest BCUT2D eigenvalue weighted by Crippen LogP contribution is 2.19. The van der Waals surface area contributed by atoms with Crippen LogP contribution in [-0.2, 0) is 16.3 Å². The second-order valence-electron chi connectivity index (χ2n) is 5.14. The Labute approximate surface area is 129 Å². The maximum absolute atomic E-state index is 12.5. The van der Waals surface area contributed by atoms with Crippen LogP contribution < -0.4 is 0 Å². The van der Waals surface area contributed by atoms with Crippen molar-refractivity contribution in [2.45, 2.75) is 33.2 Å².